The molecule has 9 nitrogen and oxygen atoms in total. The highest BCUT2D eigenvalue weighted by molar-refractivity contribution is 6.16. The normalized spacial score (nSPS) is 10.9. The van der Waals surface area contributed by atoms with E-state index in [9.17, 15) is 9.59 Å². The van der Waals surface area contributed by atoms with E-state index in [1.807, 2.05) is 0 Å². The Morgan fingerprint density at radius 3 is 2.82 bits per heavy atom. The fourth-order valence-corrected chi connectivity index (χ4v) is 1.54. The molecule has 0 fully saturated rings. The van der Waals surface area contributed by atoms with E-state index in [2.05, 4.69) is 24.7 Å². The minimum Gasteiger partial charge on any atom is -0.503 e. The lowest BCUT2D eigenvalue weighted by atomic mass is 10.1. The first-order chi connectivity index (χ1) is 10.7. The molecule has 2 aromatic rings. The fraction of sp³-hybridized carbons (Fsp3) is 0.154. The van der Waals surface area contributed by atoms with E-state index >= 15 is 0 Å². The van der Waals surface area contributed by atoms with E-state index in [1.54, 1.807) is 0 Å². The number of carbonyl (C=O) groups excluding carboxylic acids is 1. The van der Waals surface area contributed by atoms with E-state index < -0.39 is 5.97 Å². The first-order valence-corrected chi connectivity index (χ1v) is 6.00. The number of aromatic amines is 1. The summed E-state index contributed by atoms with van der Waals surface area (Å²) in [6.45, 7) is 0. The summed E-state index contributed by atoms with van der Waals surface area (Å²) in [6.07, 6.45) is 4.96. The maximum Gasteiger partial charge on any atom is 0.341 e. The molecule has 0 bridgehead atoms. The Bertz CT molecular complexity index is 756. The second kappa shape index (κ2) is 6.97. The van der Waals surface area contributed by atoms with Crippen LogP contribution < -0.4 is 10.3 Å². The topological polar surface area (TPSA) is 116 Å². The number of H-pyrrole nitrogens is 1. The van der Waals surface area contributed by atoms with Crippen molar-refractivity contribution in [2.24, 2.45) is 0 Å². The second-order valence-corrected chi connectivity index (χ2v) is 3.85. The molecule has 0 saturated carbocycles. The van der Waals surface area contributed by atoms with Crippen LogP contribution in [0.1, 0.15) is 5.56 Å². The van der Waals surface area contributed by atoms with Gasteiger partial charge in [0.1, 0.15) is 11.9 Å². The number of rotatable bonds is 5. The minimum atomic E-state index is -0.652. The average Bonchev–Trinajstić information content (AvgIpc) is 2.53. The maximum absolute atomic E-state index is 11.8. The van der Waals surface area contributed by atoms with Crippen LogP contribution in [0.5, 0.6) is 11.8 Å². The van der Waals surface area contributed by atoms with Crippen LogP contribution >= 0.6 is 0 Å². The third-order valence-electron chi connectivity index (χ3n) is 2.46. The Morgan fingerprint density at radius 1 is 1.32 bits per heavy atom. The van der Waals surface area contributed by atoms with Crippen LogP contribution in [-0.4, -0.2) is 40.1 Å². The van der Waals surface area contributed by atoms with Gasteiger partial charge in [-0.2, -0.15) is 0 Å². The Labute approximate surface area is 124 Å². The molecule has 114 valence electrons. The van der Waals surface area contributed by atoms with Crippen LogP contribution in [0.25, 0.3) is 5.57 Å². The van der Waals surface area contributed by atoms with Crippen LogP contribution in [0.3, 0.4) is 0 Å². The zero-order chi connectivity index (χ0) is 15.9. The maximum atomic E-state index is 11.8. The van der Waals surface area contributed by atoms with E-state index in [0.717, 1.165) is 6.07 Å². The van der Waals surface area contributed by atoms with Gasteiger partial charge in [0.05, 0.1) is 38.4 Å². The third-order valence-corrected chi connectivity index (χ3v) is 2.46. The molecule has 0 radical (unpaired) electrons. The number of aromatic nitrogens is 4. The highest BCUT2D eigenvalue weighted by Gasteiger charge is 2.20. The highest BCUT2D eigenvalue weighted by atomic mass is 16.5. The van der Waals surface area contributed by atoms with Crippen molar-refractivity contribution in [2.75, 3.05) is 14.2 Å². The molecule has 2 aromatic heterocycles. The van der Waals surface area contributed by atoms with Gasteiger partial charge in [0.15, 0.2) is 0 Å². The highest BCUT2D eigenvalue weighted by Crippen LogP contribution is 2.26. The fourth-order valence-electron chi connectivity index (χ4n) is 1.54. The number of nitrogens with one attached hydrogen (secondary N) is 1. The molecule has 22 heavy (non-hydrogen) atoms. The summed E-state index contributed by atoms with van der Waals surface area (Å²) >= 11 is 0. The zero-order valence-electron chi connectivity index (χ0n) is 11.8. The number of hydrogen-bond donors (Lipinski definition) is 1. The third kappa shape index (κ3) is 3.45. The first-order valence-electron chi connectivity index (χ1n) is 6.00. The van der Waals surface area contributed by atoms with Crippen molar-refractivity contribution in [3.8, 4) is 11.8 Å². The molecule has 0 aliphatic rings. The standard InChI is InChI=1S/C13H12N4O5/c1-20-5-9(13(19)21-2)8-4-14-6-17-12(8)22-11-3-10(18)15-7-16-11/h3-7H,1-2H3,(H,15,16,18)/b9-5+. The van der Waals surface area contributed by atoms with Gasteiger partial charge >= 0.3 is 5.97 Å². The summed E-state index contributed by atoms with van der Waals surface area (Å²) in [5, 5.41) is 0. The summed E-state index contributed by atoms with van der Waals surface area (Å²) in [5.41, 5.74) is -0.0926. The molecular formula is C13H12N4O5. The van der Waals surface area contributed by atoms with Crippen molar-refractivity contribution >= 4 is 11.5 Å². The monoisotopic (exact) mass is 304 g/mol. The van der Waals surface area contributed by atoms with Crippen LogP contribution in [0.2, 0.25) is 0 Å². The summed E-state index contributed by atoms with van der Waals surface area (Å²) in [5.74, 6) is -0.604. The molecule has 0 aliphatic heterocycles. The van der Waals surface area contributed by atoms with Gasteiger partial charge in [0, 0.05) is 6.20 Å². The SMILES string of the molecule is CO/C=C(/C(=O)OC)c1cncnc1Oc1cc(=O)[nH]cn1. The van der Waals surface area contributed by atoms with Gasteiger partial charge < -0.3 is 19.2 Å². The number of esters is 1. The van der Waals surface area contributed by atoms with Gasteiger partial charge in [-0.05, 0) is 0 Å². The van der Waals surface area contributed by atoms with Gasteiger partial charge in [-0.25, -0.2) is 19.7 Å². The molecule has 9 heteroatoms. The minimum absolute atomic E-state index is 0.0188. The lowest BCUT2D eigenvalue weighted by Gasteiger charge is -2.09. The largest absolute Gasteiger partial charge is 0.503 e. The van der Waals surface area contributed by atoms with Gasteiger partial charge in [-0.3, -0.25) is 4.79 Å². The summed E-state index contributed by atoms with van der Waals surface area (Å²) < 4.78 is 15.0. The number of methoxy groups -OCH3 is 2. The van der Waals surface area contributed by atoms with Gasteiger partial charge in [0.25, 0.3) is 5.56 Å². The van der Waals surface area contributed by atoms with Crippen molar-refractivity contribution in [3.63, 3.8) is 0 Å². The predicted octanol–water partition coefficient (Wildman–Crippen LogP) is 0.512. The summed E-state index contributed by atoms with van der Waals surface area (Å²) in [7, 11) is 2.61. The van der Waals surface area contributed by atoms with E-state index in [1.165, 1.54) is 39.3 Å². The molecule has 0 spiro atoms. The molecular weight excluding hydrogens is 292 g/mol. The molecule has 0 aliphatic carbocycles. The molecule has 2 heterocycles. The van der Waals surface area contributed by atoms with Crippen LogP contribution in [0.4, 0.5) is 0 Å². The lowest BCUT2D eigenvalue weighted by Crippen LogP contribution is -2.08. The zero-order valence-corrected chi connectivity index (χ0v) is 11.8. The van der Waals surface area contributed by atoms with Crippen LogP contribution in [0.15, 0.2) is 36.0 Å². The van der Waals surface area contributed by atoms with Crippen molar-refractivity contribution in [3.05, 3.63) is 47.1 Å². The number of ether oxygens (including phenoxy) is 3. The van der Waals surface area contributed by atoms with Crippen molar-refractivity contribution in [1.82, 2.24) is 19.9 Å². The van der Waals surface area contributed by atoms with E-state index in [0.29, 0.717) is 0 Å². The van der Waals surface area contributed by atoms with Crippen molar-refractivity contribution in [1.29, 1.82) is 0 Å². The average molecular weight is 304 g/mol. The second-order valence-electron chi connectivity index (χ2n) is 3.85. The van der Waals surface area contributed by atoms with Crippen molar-refractivity contribution in [2.45, 2.75) is 0 Å². The Kier molecular flexibility index (Phi) is 4.81. The van der Waals surface area contributed by atoms with Crippen LogP contribution in [0, 0.1) is 0 Å². The quantitative estimate of drug-likeness (QED) is 0.482. The Balaban J connectivity index is 2.43. The number of carbonyl (C=O) groups is 1. The smallest absolute Gasteiger partial charge is 0.341 e. The molecule has 0 unspecified atom stereocenters. The molecule has 0 saturated heterocycles. The summed E-state index contributed by atoms with van der Waals surface area (Å²) in [6, 6.07) is 1.14. The van der Waals surface area contributed by atoms with E-state index in [4.69, 9.17) is 9.47 Å². The molecule has 0 aromatic carbocycles. The lowest BCUT2D eigenvalue weighted by molar-refractivity contribution is -0.133. The summed E-state index contributed by atoms with van der Waals surface area (Å²) in [4.78, 5) is 37.0. The molecule has 2 rings (SSSR count). The predicted molar refractivity (Wildman–Crippen MR) is 74.0 cm³/mol. The molecule has 1 N–H and O–H groups in total. The number of nitrogens with zero attached hydrogens (tertiary/aromatic N) is 3. The first kappa shape index (κ1) is 15.2. The molecule has 0 atom stereocenters. The number of hydrogen-bond acceptors (Lipinski definition) is 8. The Morgan fingerprint density at radius 2 is 2.14 bits per heavy atom. The van der Waals surface area contributed by atoms with Gasteiger partial charge in [-0.15, -0.1) is 0 Å². The van der Waals surface area contributed by atoms with E-state index in [-0.39, 0.29) is 28.5 Å². The van der Waals surface area contributed by atoms with Crippen LogP contribution in [-0.2, 0) is 14.3 Å². The van der Waals surface area contributed by atoms with Gasteiger partial charge in [-0.1, -0.05) is 0 Å². The molecule has 0 amide bonds. The Hall–Kier alpha value is -3.23. The van der Waals surface area contributed by atoms with Gasteiger partial charge in [0.2, 0.25) is 11.8 Å². The van der Waals surface area contributed by atoms with Crippen molar-refractivity contribution < 1.29 is 19.0 Å².